The lowest BCUT2D eigenvalue weighted by Gasteiger charge is -2.08. The first-order valence-corrected chi connectivity index (χ1v) is 4.63. The van der Waals surface area contributed by atoms with E-state index in [9.17, 15) is 0 Å². The molecular formula is C11H13N3. The normalized spacial score (nSPS) is 10.1. The molecule has 0 spiro atoms. The van der Waals surface area contributed by atoms with Crippen molar-refractivity contribution in [1.29, 1.82) is 0 Å². The van der Waals surface area contributed by atoms with Gasteiger partial charge in [0.05, 0.1) is 6.67 Å². The molecule has 0 aliphatic rings. The molecular weight excluding hydrogens is 174 g/mol. The van der Waals surface area contributed by atoms with E-state index in [1.165, 1.54) is 0 Å². The average molecular weight is 187 g/mol. The van der Waals surface area contributed by atoms with Gasteiger partial charge in [0, 0.05) is 18.1 Å². The van der Waals surface area contributed by atoms with E-state index in [1.54, 1.807) is 0 Å². The number of para-hydroxylation sites is 1. The van der Waals surface area contributed by atoms with Crippen molar-refractivity contribution in [1.82, 2.24) is 9.55 Å². The summed E-state index contributed by atoms with van der Waals surface area (Å²) >= 11 is 0. The number of aryl methyl sites for hydroxylation is 1. The molecule has 2 rings (SSSR count). The number of hydrogen-bond acceptors (Lipinski definition) is 2. The highest BCUT2D eigenvalue weighted by atomic mass is 15.2. The lowest BCUT2D eigenvalue weighted by Crippen LogP contribution is -2.08. The van der Waals surface area contributed by atoms with Gasteiger partial charge in [0.1, 0.15) is 5.82 Å². The van der Waals surface area contributed by atoms with Crippen molar-refractivity contribution in [3.05, 3.63) is 48.5 Å². The van der Waals surface area contributed by atoms with Crippen molar-refractivity contribution in [2.24, 2.45) is 0 Å². The third kappa shape index (κ3) is 1.93. The van der Waals surface area contributed by atoms with Crippen LogP contribution in [0.5, 0.6) is 0 Å². The van der Waals surface area contributed by atoms with E-state index in [4.69, 9.17) is 0 Å². The molecule has 0 unspecified atom stereocenters. The minimum absolute atomic E-state index is 0.760. The molecule has 0 fully saturated rings. The molecule has 0 bridgehead atoms. The smallest absolute Gasteiger partial charge is 0.106 e. The Balaban J connectivity index is 1.99. The molecule has 0 amide bonds. The first kappa shape index (κ1) is 8.81. The summed E-state index contributed by atoms with van der Waals surface area (Å²) in [5, 5.41) is 3.31. The summed E-state index contributed by atoms with van der Waals surface area (Å²) < 4.78 is 2.06. The number of hydrogen-bond donors (Lipinski definition) is 1. The molecule has 0 aliphatic carbocycles. The number of benzene rings is 1. The van der Waals surface area contributed by atoms with Crippen molar-refractivity contribution in [2.45, 2.75) is 13.6 Å². The number of nitrogens with one attached hydrogen (secondary N) is 1. The standard InChI is InChI=1S/C11H13N3/c1-10-12-7-8-14(10)9-13-11-5-3-2-4-6-11/h2-8,13H,9H2,1H3. The van der Waals surface area contributed by atoms with E-state index in [2.05, 4.69) is 14.9 Å². The second-order valence-corrected chi connectivity index (χ2v) is 3.15. The third-order valence-electron chi connectivity index (χ3n) is 2.15. The van der Waals surface area contributed by atoms with Gasteiger partial charge in [-0.25, -0.2) is 4.98 Å². The van der Waals surface area contributed by atoms with Crippen molar-refractivity contribution in [3.63, 3.8) is 0 Å². The van der Waals surface area contributed by atoms with Gasteiger partial charge >= 0.3 is 0 Å². The van der Waals surface area contributed by atoms with Gasteiger partial charge in [0.15, 0.2) is 0 Å². The van der Waals surface area contributed by atoms with Crippen LogP contribution in [0.4, 0.5) is 5.69 Å². The van der Waals surface area contributed by atoms with E-state index in [0.29, 0.717) is 0 Å². The highest BCUT2D eigenvalue weighted by Crippen LogP contribution is 2.05. The molecule has 0 radical (unpaired) electrons. The van der Waals surface area contributed by atoms with E-state index in [0.717, 1.165) is 18.2 Å². The topological polar surface area (TPSA) is 29.9 Å². The molecule has 3 nitrogen and oxygen atoms in total. The van der Waals surface area contributed by atoms with E-state index < -0.39 is 0 Å². The van der Waals surface area contributed by atoms with Gasteiger partial charge < -0.3 is 9.88 Å². The van der Waals surface area contributed by atoms with Gasteiger partial charge in [-0.2, -0.15) is 0 Å². The van der Waals surface area contributed by atoms with Crippen LogP contribution >= 0.6 is 0 Å². The molecule has 3 heteroatoms. The van der Waals surface area contributed by atoms with Crippen LogP contribution in [0.2, 0.25) is 0 Å². The molecule has 2 aromatic rings. The molecule has 0 saturated carbocycles. The first-order valence-electron chi connectivity index (χ1n) is 4.63. The minimum Gasteiger partial charge on any atom is -0.367 e. The van der Waals surface area contributed by atoms with Crippen LogP contribution in [0.1, 0.15) is 5.82 Å². The van der Waals surface area contributed by atoms with Crippen LogP contribution in [-0.4, -0.2) is 9.55 Å². The van der Waals surface area contributed by atoms with E-state index >= 15 is 0 Å². The summed E-state index contributed by atoms with van der Waals surface area (Å²) in [7, 11) is 0. The van der Waals surface area contributed by atoms with Gasteiger partial charge in [0.2, 0.25) is 0 Å². The van der Waals surface area contributed by atoms with Crippen LogP contribution in [0.15, 0.2) is 42.7 Å². The fourth-order valence-corrected chi connectivity index (χ4v) is 1.30. The summed E-state index contributed by atoms with van der Waals surface area (Å²) in [4.78, 5) is 4.15. The highest BCUT2D eigenvalue weighted by Gasteiger charge is 1.94. The lowest BCUT2D eigenvalue weighted by atomic mass is 10.3. The van der Waals surface area contributed by atoms with E-state index in [-0.39, 0.29) is 0 Å². The van der Waals surface area contributed by atoms with Crippen LogP contribution in [0, 0.1) is 6.92 Å². The van der Waals surface area contributed by atoms with E-state index in [1.807, 2.05) is 49.6 Å². The molecule has 14 heavy (non-hydrogen) atoms. The number of imidazole rings is 1. The number of nitrogens with zero attached hydrogens (tertiary/aromatic N) is 2. The zero-order chi connectivity index (χ0) is 9.80. The van der Waals surface area contributed by atoms with Crippen LogP contribution in [0.25, 0.3) is 0 Å². The van der Waals surface area contributed by atoms with Gasteiger partial charge in [-0.1, -0.05) is 18.2 Å². The Morgan fingerprint density at radius 1 is 1.29 bits per heavy atom. The number of rotatable bonds is 3. The monoisotopic (exact) mass is 187 g/mol. The van der Waals surface area contributed by atoms with Crippen molar-refractivity contribution in [3.8, 4) is 0 Å². The maximum atomic E-state index is 4.15. The first-order chi connectivity index (χ1) is 6.86. The van der Waals surface area contributed by atoms with Gasteiger partial charge in [-0.15, -0.1) is 0 Å². The predicted molar refractivity (Wildman–Crippen MR) is 57.0 cm³/mol. The Morgan fingerprint density at radius 3 is 2.71 bits per heavy atom. The Hall–Kier alpha value is -1.77. The zero-order valence-corrected chi connectivity index (χ0v) is 8.14. The van der Waals surface area contributed by atoms with Crippen molar-refractivity contribution >= 4 is 5.69 Å². The Morgan fingerprint density at radius 2 is 2.07 bits per heavy atom. The fraction of sp³-hybridized carbons (Fsp3) is 0.182. The Labute approximate surface area is 83.4 Å². The number of aromatic nitrogens is 2. The minimum atomic E-state index is 0.760. The molecule has 1 aromatic heterocycles. The zero-order valence-electron chi connectivity index (χ0n) is 8.14. The van der Waals surface area contributed by atoms with Gasteiger partial charge in [0.25, 0.3) is 0 Å². The maximum absolute atomic E-state index is 4.15. The molecule has 72 valence electrons. The van der Waals surface area contributed by atoms with Gasteiger partial charge in [-0.3, -0.25) is 0 Å². The maximum Gasteiger partial charge on any atom is 0.106 e. The molecule has 1 aromatic carbocycles. The SMILES string of the molecule is Cc1nccn1CNc1ccccc1. The molecule has 0 aliphatic heterocycles. The third-order valence-corrected chi connectivity index (χ3v) is 2.15. The summed E-state index contributed by atoms with van der Waals surface area (Å²) in [5.41, 5.74) is 1.13. The summed E-state index contributed by atoms with van der Waals surface area (Å²) in [6, 6.07) is 10.1. The Kier molecular flexibility index (Phi) is 2.49. The summed E-state index contributed by atoms with van der Waals surface area (Å²) in [5.74, 6) is 1.02. The quantitative estimate of drug-likeness (QED) is 0.798. The van der Waals surface area contributed by atoms with Crippen LogP contribution < -0.4 is 5.32 Å². The summed E-state index contributed by atoms with van der Waals surface area (Å²) in [6.45, 7) is 2.75. The second-order valence-electron chi connectivity index (χ2n) is 3.15. The lowest BCUT2D eigenvalue weighted by molar-refractivity contribution is 0.742. The van der Waals surface area contributed by atoms with Gasteiger partial charge in [-0.05, 0) is 19.1 Å². The van der Waals surface area contributed by atoms with Crippen LogP contribution in [-0.2, 0) is 6.67 Å². The van der Waals surface area contributed by atoms with Crippen molar-refractivity contribution in [2.75, 3.05) is 5.32 Å². The molecule has 0 saturated heterocycles. The molecule has 1 N–H and O–H groups in total. The highest BCUT2D eigenvalue weighted by molar-refractivity contribution is 5.41. The largest absolute Gasteiger partial charge is 0.367 e. The molecule has 1 heterocycles. The predicted octanol–water partition coefficient (Wildman–Crippen LogP) is 2.26. The second kappa shape index (κ2) is 3.96. The average Bonchev–Trinajstić information content (AvgIpc) is 2.63. The molecule has 0 atom stereocenters. The van der Waals surface area contributed by atoms with Crippen molar-refractivity contribution < 1.29 is 0 Å². The summed E-state index contributed by atoms with van der Waals surface area (Å²) in [6.07, 6.45) is 3.77. The van der Waals surface area contributed by atoms with Crippen LogP contribution in [0.3, 0.4) is 0 Å². The Bertz CT molecular complexity index is 392. The number of anilines is 1. The fourth-order valence-electron chi connectivity index (χ4n) is 1.30.